The van der Waals surface area contributed by atoms with E-state index in [-0.39, 0.29) is 47.7 Å². The van der Waals surface area contributed by atoms with Gasteiger partial charge in [-0.05, 0) is 66.4 Å². The Morgan fingerprint density at radius 2 is 1.67 bits per heavy atom. The lowest BCUT2D eigenvalue weighted by molar-refractivity contribution is -0.125. The van der Waals surface area contributed by atoms with Crippen LogP contribution in [0.15, 0.2) is 101 Å². The van der Waals surface area contributed by atoms with Gasteiger partial charge < -0.3 is 29.9 Å². The second-order valence-corrected chi connectivity index (χ2v) is 19.8. The smallest absolute Gasteiger partial charge is 0.251 e. The summed E-state index contributed by atoms with van der Waals surface area (Å²) in [6, 6.07) is 23.9. The molecule has 3 atom stereocenters. The van der Waals surface area contributed by atoms with Crippen molar-refractivity contribution in [2.45, 2.75) is 63.8 Å². The van der Waals surface area contributed by atoms with Crippen LogP contribution in [-0.4, -0.2) is 97.4 Å². The molecule has 0 spiro atoms. The van der Waals surface area contributed by atoms with Crippen LogP contribution < -0.4 is 15.6 Å². The van der Waals surface area contributed by atoms with Gasteiger partial charge in [-0.1, -0.05) is 61.5 Å². The first kappa shape index (κ1) is 40.1. The van der Waals surface area contributed by atoms with Crippen LogP contribution in [0.3, 0.4) is 0 Å². The predicted molar refractivity (Wildman–Crippen MR) is 235 cm³/mol. The number of carbonyl (C=O) groups is 2. The first-order valence-corrected chi connectivity index (χ1v) is 22.7. The molecule has 6 heterocycles. The van der Waals surface area contributed by atoms with Crippen molar-refractivity contribution in [1.82, 2.24) is 40.5 Å². The van der Waals surface area contributed by atoms with Gasteiger partial charge in [0.2, 0.25) is 17.4 Å². The van der Waals surface area contributed by atoms with Gasteiger partial charge in [0.05, 0.1) is 39.4 Å². The number of nitrogens with zero attached hydrogens (tertiary/aromatic N) is 8. The zero-order valence-corrected chi connectivity index (χ0v) is 35.9. The van der Waals surface area contributed by atoms with Crippen LogP contribution in [0.1, 0.15) is 56.0 Å². The third-order valence-electron chi connectivity index (χ3n) is 11.6. The quantitative estimate of drug-likeness (QED) is 0.119. The number of aryl methyl sites for hydroxylation is 1. The van der Waals surface area contributed by atoms with E-state index in [4.69, 9.17) is 4.52 Å². The molecule has 2 aliphatic heterocycles. The molecule has 61 heavy (non-hydrogen) atoms. The summed E-state index contributed by atoms with van der Waals surface area (Å²) in [4.78, 5) is 46.4. The highest BCUT2D eigenvalue weighted by Crippen LogP contribution is 2.34. The van der Waals surface area contributed by atoms with Crippen LogP contribution in [-0.2, 0) is 4.79 Å². The van der Waals surface area contributed by atoms with Crippen molar-refractivity contribution in [1.29, 1.82) is 0 Å². The van der Waals surface area contributed by atoms with Crippen molar-refractivity contribution in [2.24, 2.45) is 0 Å². The third kappa shape index (κ3) is 8.01. The molecule has 4 aromatic heterocycles. The van der Waals surface area contributed by atoms with E-state index in [0.717, 1.165) is 45.7 Å². The van der Waals surface area contributed by atoms with Crippen LogP contribution in [0.5, 0.6) is 5.75 Å². The number of β-amino-alcohol motifs (C(OH)–C–C–N with tert-alkyl or cyclic N) is 1. The predicted octanol–water partition coefficient (Wildman–Crippen LogP) is 6.61. The van der Waals surface area contributed by atoms with Crippen molar-refractivity contribution in [3.8, 4) is 38.7 Å². The van der Waals surface area contributed by atoms with Gasteiger partial charge in [-0.25, -0.2) is 15.0 Å². The fraction of sp³-hybridized carbons (Fsp3) is 0.289. The molecule has 2 amide bonds. The molecule has 0 saturated carbocycles. The summed E-state index contributed by atoms with van der Waals surface area (Å²) < 4.78 is 5.85. The summed E-state index contributed by atoms with van der Waals surface area (Å²) in [5.41, 5.74) is 8.90. The lowest BCUT2D eigenvalue weighted by Gasteiger charge is -2.39. The molecule has 309 valence electrons. The van der Waals surface area contributed by atoms with Crippen LogP contribution >= 0.6 is 11.3 Å². The van der Waals surface area contributed by atoms with Gasteiger partial charge in [0.25, 0.3) is 8.80 Å². The largest absolute Gasteiger partial charge is 0.507 e. The van der Waals surface area contributed by atoms with Crippen LogP contribution in [0.25, 0.3) is 43.9 Å². The number of phenolic OH excluding ortho intramolecular Hbond substituents is 1. The highest BCUT2D eigenvalue weighted by Gasteiger charge is 2.45. The van der Waals surface area contributed by atoms with E-state index in [1.807, 2.05) is 81.7 Å². The van der Waals surface area contributed by atoms with Gasteiger partial charge in [-0.15, -0.1) is 21.5 Å². The molecule has 1 radical (unpaired) electrons. The average Bonchev–Trinajstić information content (AvgIpc) is 4.01. The molecule has 2 aliphatic rings. The monoisotopic (exact) mass is 850 g/mol. The zero-order chi connectivity index (χ0) is 42.4. The van der Waals surface area contributed by atoms with E-state index >= 15 is 0 Å². The Hall–Kier alpha value is -6.36. The topological polar surface area (TPSA) is 184 Å². The molecule has 2 fully saturated rings. The summed E-state index contributed by atoms with van der Waals surface area (Å²) in [6.07, 6.45) is 2.76. The summed E-state index contributed by atoms with van der Waals surface area (Å²) in [6.45, 7) is 9.39. The van der Waals surface area contributed by atoms with Crippen molar-refractivity contribution in [3.05, 3.63) is 114 Å². The molecule has 16 heteroatoms. The van der Waals surface area contributed by atoms with E-state index in [1.165, 1.54) is 10.5 Å². The molecular weight excluding hydrogens is 807 g/mol. The molecule has 3 aromatic carbocycles. The van der Waals surface area contributed by atoms with Gasteiger partial charge in [-0.2, -0.15) is 0 Å². The normalized spacial score (nSPS) is 17.3. The number of para-hydroxylation sites is 1. The number of carbonyl (C=O) groups excluding carboxylic acids is 2. The summed E-state index contributed by atoms with van der Waals surface area (Å²) in [5.74, 6) is 0.744. The van der Waals surface area contributed by atoms with Crippen LogP contribution in [0.2, 0.25) is 5.54 Å². The number of nitrogens with one attached hydrogen (secondary N) is 1. The minimum atomic E-state index is -2.07. The van der Waals surface area contributed by atoms with Gasteiger partial charge >= 0.3 is 0 Å². The van der Waals surface area contributed by atoms with Gasteiger partial charge in [0.1, 0.15) is 22.9 Å². The third-order valence-corrected chi connectivity index (χ3v) is 15.2. The first-order chi connectivity index (χ1) is 29.5. The standard InChI is InChI=1S/C45H44N9O5SSi/c1-25(2)61(45(58)54-23-34(55)17-39(54)43(57)49-26(3)28-9-11-29(12-10-28)42-27(4)48-24-60-42)41-18-37(52-59-41)32-19-46-44(47-20-32)53-21-33(22-53)30-13-14-36-31(15-30)16-38(51-50-36)35-7-5-6-8-40(35)56/h5-16,18-20,24-26,33-34,39,55-56H,17,21-23H2,1-4H3,(H,49,57)/t26-,34+,39-/m0/s1. The maximum Gasteiger partial charge on any atom is 0.251 e. The molecule has 9 rings (SSSR count). The molecule has 3 N–H and O–H groups in total. The number of aliphatic hydroxyl groups excluding tert-OH is 1. The van der Waals surface area contributed by atoms with Crippen molar-refractivity contribution in [2.75, 3.05) is 24.5 Å². The molecule has 14 nitrogen and oxygen atoms in total. The second-order valence-electron chi connectivity index (χ2n) is 16.1. The Morgan fingerprint density at radius 1 is 0.902 bits per heavy atom. The number of thiazole rings is 1. The van der Waals surface area contributed by atoms with E-state index < -0.39 is 20.9 Å². The van der Waals surface area contributed by atoms with Crippen LogP contribution in [0, 0.1) is 6.92 Å². The molecule has 0 bridgehead atoms. The number of hydrogen-bond donors (Lipinski definition) is 3. The van der Waals surface area contributed by atoms with Gasteiger partial charge in [-0.3, -0.25) is 9.59 Å². The number of phenols is 1. The first-order valence-electron chi connectivity index (χ1n) is 20.3. The molecular formula is C45H44N9O5SSi. The molecule has 0 unspecified atom stereocenters. The number of likely N-dealkylation sites (tertiary alicyclic amines) is 1. The Kier molecular flexibility index (Phi) is 10.9. The number of benzene rings is 3. The fourth-order valence-electron chi connectivity index (χ4n) is 8.12. The Balaban J connectivity index is 0.836. The summed E-state index contributed by atoms with van der Waals surface area (Å²) in [5, 5.41) is 38.6. The molecule has 2 saturated heterocycles. The fourth-order valence-corrected chi connectivity index (χ4v) is 11.2. The number of amides is 2. The van der Waals surface area contributed by atoms with E-state index in [9.17, 15) is 19.8 Å². The Labute approximate surface area is 357 Å². The van der Waals surface area contributed by atoms with E-state index in [2.05, 4.69) is 52.7 Å². The summed E-state index contributed by atoms with van der Waals surface area (Å²) >= 11 is 1.59. The van der Waals surface area contributed by atoms with Gasteiger partial charge in [0.15, 0.2) is 0 Å². The van der Waals surface area contributed by atoms with Gasteiger partial charge in [0, 0.05) is 66.9 Å². The lowest BCUT2D eigenvalue weighted by atomic mass is 9.91. The maximum atomic E-state index is 14.3. The average molecular weight is 851 g/mol. The Morgan fingerprint density at radius 3 is 2.39 bits per heavy atom. The van der Waals surface area contributed by atoms with E-state index in [1.54, 1.807) is 41.9 Å². The van der Waals surface area contributed by atoms with Crippen molar-refractivity contribution >= 4 is 53.8 Å². The number of anilines is 1. The Bertz CT molecular complexity index is 2720. The second kappa shape index (κ2) is 16.6. The number of aromatic nitrogens is 6. The minimum absolute atomic E-state index is 0.0683. The lowest BCUT2D eigenvalue weighted by Crippen LogP contribution is -2.54. The number of hydrogen-bond acceptors (Lipinski definition) is 13. The summed E-state index contributed by atoms with van der Waals surface area (Å²) in [7, 11) is -2.07. The SMILES string of the molecule is Cc1ncsc1-c1ccc([C@H](C)NC(=O)[C@@H]2C[C@@H](O)CN2C(=O)[Si](c2cc(-c3cnc(N4CC(c5ccc6nnc(-c7ccccc7O)cc6c5)C4)nc3)no2)C(C)C)cc1. The van der Waals surface area contributed by atoms with Crippen LogP contribution in [0.4, 0.5) is 10.7 Å². The minimum Gasteiger partial charge on any atom is -0.507 e. The number of fused-ring (bicyclic) bond motifs is 1. The maximum absolute atomic E-state index is 14.3. The highest BCUT2D eigenvalue weighted by molar-refractivity contribution is 7.13. The molecule has 0 aliphatic carbocycles. The molecule has 7 aromatic rings. The highest BCUT2D eigenvalue weighted by atomic mass is 32.1. The number of aliphatic hydroxyl groups is 1. The van der Waals surface area contributed by atoms with E-state index in [0.29, 0.717) is 33.8 Å². The zero-order valence-electron chi connectivity index (χ0n) is 34.1. The number of rotatable bonds is 11. The number of aromatic hydroxyl groups is 1. The van der Waals surface area contributed by atoms with Crippen molar-refractivity contribution < 1.29 is 24.3 Å². The van der Waals surface area contributed by atoms with Crippen molar-refractivity contribution in [3.63, 3.8) is 0 Å².